The summed E-state index contributed by atoms with van der Waals surface area (Å²) in [6, 6.07) is 3.63. The average molecular weight is 340 g/mol. The number of hydrogen-bond donors (Lipinski definition) is 1. The van der Waals surface area contributed by atoms with Crippen molar-refractivity contribution in [2.75, 3.05) is 13.1 Å². The van der Waals surface area contributed by atoms with Gasteiger partial charge < -0.3 is 15.1 Å². The second kappa shape index (κ2) is 5.51. The van der Waals surface area contributed by atoms with E-state index in [4.69, 9.17) is 11.6 Å². The lowest BCUT2D eigenvalue weighted by Crippen LogP contribution is -2.60. The van der Waals surface area contributed by atoms with Crippen LogP contribution in [0.2, 0.25) is 4.34 Å². The van der Waals surface area contributed by atoms with Crippen LogP contribution in [0.4, 0.5) is 0 Å². The zero-order valence-corrected chi connectivity index (χ0v) is 13.7. The van der Waals surface area contributed by atoms with Crippen LogP contribution in [-0.2, 0) is 16.1 Å². The summed E-state index contributed by atoms with van der Waals surface area (Å²) in [5.41, 5.74) is 0. The van der Waals surface area contributed by atoms with Gasteiger partial charge in [0.2, 0.25) is 11.8 Å². The van der Waals surface area contributed by atoms with Crippen LogP contribution in [0.15, 0.2) is 12.1 Å². The third-order valence-electron chi connectivity index (χ3n) is 4.88. The van der Waals surface area contributed by atoms with E-state index < -0.39 is 0 Å². The summed E-state index contributed by atoms with van der Waals surface area (Å²) in [5, 5.41) is 3.46. The SMILES string of the molecule is O=C1[C@@H]2C[C@H](NCc3ccc(Cl)s3)CN2C(=O)[C@@H]2CCCN12. The largest absolute Gasteiger partial charge is 0.329 e. The lowest BCUT2D eigenvalue weighted by molar-refractivity contribution is -0.156. The molecule has 0 aliphatic carbocycles. The van der Waals surface area contributed by atoms with Crippen LogP contribution in [0.25, 0.3) is 0 Å². The Bertz CT molecular complexity index is 590. The van der Waals surface area contributed by atoms with Gasteiger partial charge in [0.05, 0.1) is 4.34 Å². The number of nitrogens with zero attached hydrogens (tertiary/aromatic N) is 2. The van der Waals surface area contributed by atoms with Crippen LogP contribution >= 0.6 is 22.9 Å². The highest BCUT2D eigenvalue weighted by Crippen LogP contribution is 2.32. The van der Waals surface area contributed by atoms with Crippen molar-refractivity contribution in [3.8, 4) is 0 Å². The molecule has 22 heavy (non-hydrogen) atoms. The Hall–Kier alpha value is -1.11. The molecular weight excluding hydrogens is 322 g/mol. The fourth-order valence-electron chi connectivity index (χ4n) is 3.82. The summed E-state index contributed by atoms with van der Waals surface area (Å²) in [7, 11) is 0. The molecule has 0 bridgehead atoms. The first-order valence-electron chi connectivity index (χ1n) is 7.72. The molecule has 0 saturated carbocycles. The van der Waals surface area contributed by atoms with Crippen LogP contribution in [0.3, 0.4) is 0 Å². The molecule has 0 unspecified atom stereocenters. The summed E-state index contributed by atoms with van der Waals surface area (Å²) >= 11 is 7.49. The molecule has 4 heterocycles. The molecule has 3 saturated heterocycles. The van der Waals surface area contributed by atoms with E-state index >= 15 is 0 Å². The van der Waals surface area contributed by atoms with Gasteiger partial charge in [-0.2, -0.15) is 0 Å². The van der Waals surface area contributed by atoms with Gasteiger partial charge in [0.25, 0.3) is 0 Å². The van der Waals surface area contributed by atoms with E-state index in [1.54, 1.807) is 21.1 Å². The Kier molecular flexibility index (Phi) is 3.63. The van der Waals surface area contributed by atoms with E-state index in [1.807, 2.05) is 12.1 Å². The fourth-order valence-corrected chi connectivity index (χ4v) is 4.86. The van der Waals surface area contributed by atoms with E-state index in [9.17, 15) is 9.59 Å². The Balaban J connectivity index is 1.43. The highest BCUT2D eigenvalue weighted by molar-refractivity contribution is 7.16. The first-order valence-corrected chi connectivity index (χ1v) is 8.91. The number of carbonyl (C=O) groups is 2. The van der Waals surface area contributed by atoms with E-state index in [0.717, 1.165) is 30.3 Å². The lowest BCUT2D eigenvalue weighted by Gasteiger charge is -2.38. The molecule has 1 aromatic rings. The molecule has 1 N–H and O–H groups in total. The summed E-state index contributed by atoms with van der Waals surface area (Å²) in [5.74, 6) is 0.288. The molecule has 118 valence electrons. The van der Waals surface area contributed by atoms with Gasteiger partial charge in [-0.15, -0.1) is 11.3 Å². The molecule has 4 rings (SSSR count). The zero-order valence-electron chi connectivity index (χ0n) is 12.1. The highest BCUT2D eigenvalue weighted by atomic mass is 35.5. The molecule has 5 nitrogen and oxygen atoms in total. The minimum absolute atomic E-state index is 0.144. The van der Waals surface area contributed by atoms with Gasteiger partial charge in [0, 0.05) is 30.6 Å². The van der Waals surface area contributed by atoms with Gasteiger partial charge >= 0.3 is 0 Å². The number of rotatable bonds is 3. The fraction of sp³-hybridized carbons (Fsp3) is 0.600. The van der Waals surface area contributed by atoms with Crippen molar-refractivity contribution in [1.82, 2.24) is 15.1 Å². The maximum Gasteiger partial charge on any atom is 0.246 e. The van der Waals surface area contributed by atoms with E-state index in [-0.39, 0.29) is 29.9 Å². The van der Waals surface area contributed by atoms with Crippen molar-refractivity contribution in [3.05, 3.63) is 21.3 Å². The second-order valence-electron chi connectivity index (χ2n) is 6.22. The third kappa shape index (κ3) is 2.33. The van der Waals surface area contributed by atoms with Crippen molar-refractivity contribution in [1.29, 1.82) is 0 Å². The summed E-state index contributed by atoms with van der Waals surface area (Å²) in [6.45, 7) is 2.11. The van der Waals surface area contributed by atoms with Gasteiger partial charge in [-0.25, -0.2) is 0 Å². The van der Waals surface area contributed by atoms with Gasteiger partial charge in [0.15, 0.2) is 0 Å². The van der Waals surface area contributed by atoms with Gasteiger partial charge in [-0.1, -0.05) is 11.6 Å². The summed E-state index contributed by atoms with van der Waals surface area (Å²) < 4.78 is 0.784. The highest BCUT2D eigenvalue weighted by Gasteiger charge is 2.51. The first-order chi connectivity index (χ1) is 10.6. The number of halogens is 1. The van der Waals surface area contributed by atoms with Crippen molar-refractivity contribution in [2.45, 2.75) is 43.9 Å². The molecule has 0 radical (unpaired) electrons. The number of hydrogen-bond acceptors (Lipinski definition) is 4. The lowest BCUT2D eigenvalue weighted by atomic mass is 10.1. The van der Waals surface area contributed by atoms with Crippen LogP contribution in [0.1, 0.15) is 24.1 Å². The molecule has 3 aliphatic heterocycles. The monoisotopic (exact) mass is 339 g/mol. The predicted octanol–water partition coefficient (Wildman–Crippen LogP) is 1.47. The van der Waals surface area contributed by atoms with Crippen LogP contribution < -0.4 is 5.32 Å². The minimum Gasteiger partial charge on any atom is -0.329 e. The molecule has 3 fully saturated rings. The summed E-state index contributed by atoms with van der Waals surface area (Å²) in [4.78, 5) is 29.9. The van der Waals surface area contributed by atoms with E-state index in [2.05, 4.69) is 5.32 Å². The minimum atomic E-state index is -0.258. The number of fused-ring (bicyclic) bond motifs is 2. The Morgan fingerprint density at radius 3 is 2.82 bits per heavy atom. The molecule has 0 aromatic carbocycles. The van der Waals surface area contributed by atoms with Gasteiger partial charge in [-0.3, -0.25) is 9.59 Å². The number of thiophene rings is 1. The average Bonchev–Trinajstić information content (AvgIpc) is 3.21. The summed E-state index contributed by atoms with van der Waals surface area (Å²) in [6.07, 6.45) is 2.48. The first kappa shape index (κ1) is 14.5. The zero-order chi connectivity index (χ0) is 15.3. The molecule has 7 heteroatoms. The molecule has 2 amide bonds. The number of piperazine rings is 1. The van der Waals surface area contributed by atoms with Crippen LogP contribution in [0, 0.1) is 0 Å². The smallest absolute Gasteiger partial charge is 0.246 e. The van der Waals surface area contributed by atoms with E-state index in [0.29, 0.717) is 13.0 Å². The molecule has 3 aliphatic rings. The second-order valence-corrected chi connectivity index (χ2v) is 8.02. The standard InChI is InChI=1S/C15H18ClN3O2S/c16-13-4-3-10(22-13)7-17-9-6-12-15(21)18-5-1-2-11(18)14(20)19(12)8-9/h3-4,9,11-12,17H,1-2,5-8H2/t9-,11-,12-/m0/s1. The third-order valence-corrected chi connectivity index (χ3v) is 6.12. The van der Waals surface area contributed by atoms with Crippen LogP contribution in [-0.4, -0.2) is 52.8 Å². The van der Waals surface area contributed by atoms with Gasteiger partial charge in [-0.05, 0) is 31.4 Å². The van der Waals surface area contributed by atoms with E-state index in [1.165, 1.54) is 4.88 Å². The Labute approximate surface area is 138 Å². The molecule has 0 spiro atoms. The van der Waals surface area contributed by atoms with Crippen molar-refractivity contribution >= 4 is 34.8 Å². The van der Waals surface area contributed by atoms with Gasteiger partial charge in [0.1, 0.15) is 12.1 Å². The number of nitrogens with one attached hydrogen (secondary N) is 1. The quantitative estimate of drug-likeness (QED) is 0.907. The molecule has 3 atom stereocenters. The van der Waals surface area contributed by atoms with Crippen molar-refractivity contribution < 1.29 is 9.59 Å². The number of amides is 2. The van der Waals surface area contributed by atoms with Crippen molar-refractivity contribution in [2.24, 2.45) is 0 Å². The maximum absolute atomic E-state index is 12.5. The van der Waals surface area contributed by atoms with Crippen molar-refractivity contribution in [3.63, 3.8) is 0 Å². The maximum atomic E-state index is 12.5. The van der Waals surface area contributed by atoms with Crippen LogP contribution in [0.5, 0.6) is 0 Å². The topological polar surface area (TPSA) is 52.7 Å². The molecular formula is C15H18ClN3O2S. The Morgan fingerprint density at radius 1 is 1.23 bits per heavy atom. The Morgan fingerprint density at radius 2 is 2.05 bits per heavy atom. The number of carbonyl (C=O) groups excluding carboxylic acids is 2. The predicted molar refractivity (Wildman–Crippen MR) is 84.8 cm³/mol. The normalized spacial score (nSPS) is 30.9. The molecule has 1 aromatic heterocycles.